The highest BCUT2D eigenvalue weighted by atomic mass is 16.2. The fourth-order valence-electron chi connectivity index (χ4n) is 3.32. The standard InChI is InChI=1S/C21H27N9O3/c1-28-9-12(22)6-15(28)20(32)26-14-8-17(30(3)11-14)21(33)27-13-7-16(29(2)10-13)19(31)25-5-4-18(23)24/h6-11H,4-5,22H2,1-3H3,(H3,23,24)(H,25,31)(H,26,32)(H,27,33). The zero-order valence-electron chi connectivity index (χ0n) is 18.6. The first-order chi connectivity index (χ1) is 15.5. The van der Waals surface area contributed by atoms with Crippen molar-refractivity contribution >= 4 is 40.6 Å². The number of aryl methyl sites for hydroxylation is 3. The monoisotopic (exact) mass is 453 g/mol. The lowest BCUT2D eigenvalue weighted by Gasteiger charge is -2.04. The van der Waals surface area contributed by atoms with E-state index in [1.165, 1.54) is 0 Å². The van der Waals surface area contributed by atoms with Gasteiger partial charge in [-0.1, -0.05) is 0 Å². The van der Waals surface area contributed by atoms with Gasteiger partial charge in [-0.2, -0.15) is 0 Å². The summed E-state index contributed by atoms with van der Waals surface area (Å²) in [6.45, 7) is 0.244. The molecule has 0 atom stereocenters. The van der Waals surface area contributed by atoms with E-state index in [0.717, 1.165) is 0 Å². The molecule has 0 saturated heterocycles. The fraction of sp³-hybridized carbons (Fsp3) is 0.238. The summed E-state index contributed by atoms with van der Waals surface area (Å²) in [5.74, 6) is -1.11. The summed E-state index contributed by atoms with van der Waals surface area (Å²) >= 11 is 0. The van der Waals surface area contributed by atoms with Crippen molar-refractivity contribution < 1.29 is 14.4 Å². The molecule has 8 N–H and O–H groups in total. The Kier molecular flexibility index (Phi) is 6.56. The second-order valence-corrected chi connectivity index (χ2v) is 7.66. The van der Waals surface area contributed by atoms with Gasteiger partial charge in [-0.15, -0.1) is 0 Å². The maximum absolute atomic E-state index is 12.8. The normalized spacial score (nSPS) is 10.6. The van der Waals surface area contributed by atoms with Gasteiger partial charge in [0.1, 0.15) is 17.1 Å². The Labute approximate surface area is 190 Å². The molecular weight excluding hydrogens is 426 g/mol. The van der Waals surface area contributed by atoms with Crippen molar-refractivity contribution in [3.8, 4) is 0 Å². The second-order valence-electron chi connectivity index (χ2n) is 7.66. The van der Waals surface area contributed by atoms with Crippen LogP contribution in [0.5, 0.6) is 0 Å². The Morgan fingerprint density at radius 1 is 0.818 bits per heavy atom. The average Bonchev–Trinajstić information content (AvgIpc) is 3.37. The summed E-state index contributed by atoms with van der Waals surface area (Å²) < 4.78 is 4.79. The van der Waals surface area contributed by atoms with Crippen molar-refractivity contribution in [2.45, 2.75) is 6.42 Å². The van der Waals surface area contributed by atoms with Crippen molar-refractivity contribution in [2.24, 2.45) is 26.9 Å². The van der Waals surface area contributed by atoms with Crippen LogP contribution in [0.25, 0.3) is 0 Å². The van der Waals surface area contributed by atoms with Gasteiger partial charge in [0, 0.05) is 52.7 Å². The Bertz CT molecular complexity index is 1230. The van der Waals surface area contributed by atoms with E-state index in [4.69, 9.17) is 16.9 Å². The predicted octanol–water partition coefficient (Wildman–Crippen LogP) is 0.845. The number of aromatic nitrogens is 3. The molecule has 0 aliphatic carbocycles. The van der Waals surface area contributed by atoms with E-state index in [0.29, 0.717) is 34.1 Å². The van der Waals surface area contributed by atoms with E-state index >= 15 is 0 Å². The minimum Gasteiger partial charge on any atom is -0.397 e. The number of amidine groups is 1. The molecule has 0 aromatic carbocycles. The molecule has 3 rings (SSSR count). The Balaban J connectivity index is 1.67. The van der Waals surface area contributed by atoms with Crippen molar-refractivity contribution in [3.63, 3.8) is 0 Å². The maximum atomic E-state index is 12.8. The van der Waals surface area contributed by atoms with Gasteiger partial charge < -0.3 is 41.1 Å². The topological polar surface area (TPSA) is 178 Å². The number of nitrogens with one attached hydrogen (secondary N) is 4. The Morgan fingerprint density at radius 2 is 1.27 bits per heavy atom. The summed E-state index contributed by atoms with van der Waals surface area (Å²) in [5.41, 5.74) is 13.4. The Morgan fingerprint density at radius 3 is 1.73 bits per heavy atom. The summed E-state index contributed by atoms with van der Waals surface area (Å²) in [6, 6.07) is 4.67. The molecule has 0 saturated carbocycles. The molecule has 3 heterocycles. The average molecular weight is 454 g/mol. The van der Waals surface area contributed by atoms with Crippen molar-refractivity contribution in [1.82, 2.24) is 19.0 Å². The smallest absolute Gasteiger partial charge is 0.272 e. The minimum absolute atomic E-state index is 0.0129. The van der Waals surface area contributed by atoms with Crippen LogP contribution >= 0.6 is 0 Å². The molecular formula is C21H27N9O3. The molecule has 0 aliphatic heterocycles. The van der Waals surface area contributed by atoms with Crippen LogP contribution in [-0.2, 0) is 21.1 Å². The SMILES string of the molecule is Cn1cc(NC(=O)c2cc(NC(=O)c3cc(N)cn3C)cn2C)cc1C(=O)NCCC(=N)N. The number of anilines is 3. The highest BCUT2D eigenvalue weighted by Gasteiger charge is 2.18. The highest BCUT2D eigenvalue weighted by Crippen LogP contribution is 2.19. The molecule has 0 aliphatic rings. The van der Waals surface area contributed by atoms with Gasteiger partial charge >= 0.3 is 0 Å². The van der Waals surface area contributed by atoms with Gasteiger partial charge in [0.2, 0.25) is 0 Å². The zero-order chi connectivity index (χ0) is 24.3. The van der Waals surface area contributed by atoms with E-state index in [-0.39, 0.29) is 30.6 Å². The molecule has 174 valence electrons. The lowest BCUT2D eigenvalue weighted by Crippen LogP contribution is -2.28. The van der Waals surface area contributed by atoms with E-state index in [2.05, 4.69) is 16.0 Å². The van der Waals surface area contributed by atoms with Gasteiger partial charge in [0.05, 0.1) is 22.9 Å². The van der Waals surface area contributed by atoms with Crippen molar-refractivity contribution in [3.05, 3.63) is 53.9 Å². The predicted molar refractivity (Wildman–Crippen MR) is 125 cm³/mol. The number of amides is 3. The van der Waals surface area contributed by atoms with Crippen LogP contribution in [0.4, 0.5) is 17.1 Å². The first-order valence-corrected chi connectivity index (χ1v) is 10.0. The van der Waals surface area contributed by atoms with E-state index in [1.54, 1.807) is 71.6 Å². The number of nitrogen functional groups attached to an aromatic ring is 1. The van der Waals surface area contributed by atoms with Crippen LogP contribution in [0.1, 0.15) is 37.9 Å². The third-order valence-corrected chi connectivity index (χ3v) is 4.93. The lowest BCUT2D eigenvalue weighted by atomic mass is 10.3. The molecule has 3 amide bonds. The quantitative estimate of drug-likeness (QED) is 0.218. The van der Waals surface area contributed by atoms with Crippen LogP contribution in [0.15, 0.2) is 36.8 Å². The fourth-order valence-corrected chi connectivity index (χ4v) is 3.32. The summed E-state index contributed by atoms with van der Waals surface area (Å²) in [7, 11) is 5.08. The molecule has 0 radical (unpaired) electrons. The van der Waals surface area contributed by atoms with Gasteiger partial charge in [-0.05, 0) is 18.2 Å². The maximum Gasteiger partial charge on any atom is 0.272 e. The van der Waals surface area contributed by atoms with Gasteiger partial charge in [-0.25, -0.2) is 0 Å². The second kappa shape index (κ2) is 9.34. The largest absolute Gasteiger partial charge is 0.397 e. The van der Waals surface area contributed by atoms with Gasteiger partial charge in [0.15, 0.2) is 0 Å². The molecule has 3 aromatic rings. The number of carbonyl (C=O) groups is 3. The number of carbonyl (C=O) groups excluding carboxylic acids is 3. The van der Waals surface area contributed by atoms with Crippen LogP contribution < -0.4 is 27.4 Å². The molecule has 0 fully saturated rings. The van der Waals surface area contributed by atoms with E-state index < -0.39 is 5.91 Å². The van der Waals surface area contributed by atoms with E-state index in [1.807, 2.05) is 0 Å². The zero-order valence-corrected chi connectivity index (χ0v) is 18.6. The molecule has 12 heteroatoms. The van der Waals surface area contributed by atoms with Crippen LogP contribution in [0.3, 0.4) is 0 Å². The van der Waals surface area contributed by atoms with Crippen LogP contribution in [0.2, 0.25) is 0 Å². The van der Waals surface area contributed by atoms with Crippen LogP contribution in [-0.4, -0.2) is 43.8 Å². The highest BCUT2D eigenvalue weighted by molar-refractivity contribution is 6.07. The molecule has 12 nitrogen and oxygen atoms in total. The third kappa shape index (κ3) is 5.42. The van der Waals surface area contributed by atoms with Gasteiger partial charge in [0.25, 0.3) is 17.7 Å². The number of hydrogen-bond donors (Lipinski definition) is 6. The lowest BCUT2D eigenvalue weighted by molar-refractivity contribution is 0.0945. The molecule has 0 unspecified atom stereocenters. The molecule has 0 spiro atoms. The molecule has 3 aromatic heterocycles. The van der Waals surface area contributed by atoms with Gasteiger partial charge in [-0.3, -0.25) is 19.8 Å². The minimum atomic E-state index is -0.407. The number of nitrogens with two attached hydrogens (primary N) is 2. The van der Waals surface area contributed by atoms with E-state index in [9.17, 15) is 14.4 Å². The number of hydrogen-bond acceptors (Lipinski definition) is 5. The molecule has 33 heavy (non-hydrogen) atoms. The van der Waals surface area contributed by atoms with Crippen molar-refractivity contribution in [2.75, 3.05) is 22.9 Å². The number of rotatable bonds is 8. The first kappa shape index (κ1) is 23.2. The summed E-state index contributed by atoms with van der Waals surface area (Å²) in [5, 5.41) is 15.4. The first-order valence-electron chi connectivity index (χ1n) is 10.0. The third-order valence-electron chi connectivity index (χ3n) is 4.93. The summed E-state index contributed by atoms with van der Waals surface area (Å²) in [6.07, 6.45) is 5.13. The molecule has 0 bridgehead atoms. The summed E-state index contributed by atoms with van der Waals surface area (Å²) in [4.78, 5) is 37.6. The van der Waals surface area contributed by atoms with Crippen molar-refractivity contribution in [1.29, 1.82) is 5.41 Å². The van der Waals surface area contributed by atoms with Crippen LogP contribution in [0, 0.1) is 5.41 Å². The Hall–Kier alpha value is -4.48. The number of nitrogens with zero attached hydrogens (tertiary/aromatic N) is 3.